The SMILES string of the molecule is C=C1C[C@H](C)C[C@@H]2CC=C[C@@H](C/C=C\C(=O)N[C@H]([C@H](/C=C/[C@@H]3CC(C)=CCO3)OC)C[C@@H]3C[C@H]3[C@@H](O)C1)O2.C=C1C[C@H](C)C[C@@H]2CC=C[C@@H](C/C=C\C(=O)O[C@H]([C@H](/C=C/[C@@H]3CC(C)=CCO3)OC(=O)OC)C[C@@H]3O[C@H]3[C@@H](OC(=O)OC)C1)O2. The van der Waals surface area contributed by atoms with Crippen LogP contribution < -0.4 is 5.32 Å². The Morgan fingerprint density at radius 1 is 0.687 bits per heavy atom. The van der Waals surface area contributed by atoms with E-state index in [0.29, 0.717) is 57.2 Å². The topological polar surface area (TPSA) is 205 Å². The van der Waals surface area contributed by atoms with Crippen LogP contribution in [0.1, 0.15) is 124 Å². The van der Waals surface area contributed by atoms with Crippen LogP contribution in [0.2, 0.25) is 0 Å². The van der Waals surface area contributed by atoms with Crippen LogP contribution >= 0.6 is 0 Å². The summed E-state index contributed by atoms with van der Waals surface area (Å²) in [6.45, 7) is 18.2. The number of nitrogens with one attached hydrogen (secondary N) is 1. The number of cyclic esters (lactones) is 1. The van der Waals surface area contributed by atoms with E-state index in [2.05, 4.69) is 69.6 Å². The number of esters is 1. The van der Waals surface area contributed by atoms with Gasteiger partial charge in [-0.15, -0.1) is 0 Å². The van der Waals surface area contributed by atoms with Gasteiger partial charge in [-0.3, -0.25) is 4.79 Å². The van der Waals surface area contributed by atoms with Crippen molar-refractivity contribution < 1.29 is 76.4 Å². The number of aliphatic hydroxyl groups is 1. The lowest BCUT2D eigenvalue weighted by molar-refractivity contribution is -0.148. The van der Waals surface area contributed by atoms with Gasteiger partial charge in [0, 0.05) is 26.0 Å². The van der Waals surface area contributed by atoms with Crippen molar-refractivity contribution in [3.05, 3.63) is 121 Å². The van der Waals surface area contributed by atoms with Gasteiger partial charge in [-0.2, -0.15) is 0 Å². The molecule has 1 saturated heterocycles. The van der Waals surface area contributed by atoms with Crippen LogP contribution in [0.15, 0.2) is 121 Å². The first kappa shape index (κ1) is 65.1. The van der Waals surface area contributed by atoms with E-state index in [9.17, 15) is 24.3 Å². The molecule has 0 radical (unpaired) electrons. The molecule has 458 valence electrons. The van der Waals surface area contributed by atoms with E-state index in [4.69, 9.17) is 52.1 Å². The molecular formula is C66H93NO16. The second-order valence-electron chi connectivity index (χ2n) is 24.0. The van der Waals surface area contributed by atoms with Gasteiger partial charge in [-0.05, 0) is 133 Å². The molecule has 18 atom stereocenters. The molecule has 7 heterocycles. The zero-order valence-corrected chi connectivity index (χ0v) is 50.0. The quantitative estimate of drug-likeness (QED) is 0.0953. The van der Waals surface area contributed by atoms with Crippen LogP contribution in [0.4, 0.5) is 9.59 Å². The van der Waals surface area contributed by atoms with Gasteiger partial charge in [0.15, 0.2) is 6.10 Å². The number of fused-ring (bicyclic) bond motifs is 6. The van der Waals surface area contributed by atoms with E-state index in [1.807, 2.05) is 31.2 Å². The molecule has 8 aliphatic rings. The van der Waals surface area contributed by atoms with Crippen molar-refractivity contribution in [3.63, 3.8) is 0 Å². The van der Waals surface area contributed by atoms with E-state index in [1.165, 1.54) is 31.4 Å². The number of hydrogen-bond donors (Lipinski definition) is 2. The monoisotopic (exact) mass is 1160 g/mol. The minimum atomic E-state index is -1.01. The summed E-state index contributed by atoms with van der Waals surface area (Å²) in [6, 6.07) is -0.201. The molecule has 0 aromatic carbocycles. The molecule has 7 aliphatic heterocycles. The average Bonchev–Trinajstić information content (AvgIpc) is 4.58. The van der Waals surface area contributed by atoms with Crippen molar-refractivity contribution in [1.82, 2.24) is 5.32 Å². The highest BCUT2D eigenvalue weighted by Crippen LogP contribution is 2.47. The van der Waals surface area contributed by atoms with Crippen LogP contribution in [-0.2, 0) is 61.7 Å². The van der Waals surface area contributed by atoms with Crippen LogP contribution in [0.5, 0.6) is 0 Å². The van der Waals surface area contributed by atoms with Gasteiger partial charge in [0.05, 0.1) is 88.4 Å². The highest BCUT2D eigenvalue weighted by atomic mass is 16.7. The summed E-state index contributed by atoms with van der Waals surface area (Å²) in [5, 5.41) is 14.2. The summed E-state index contributed by atoms with van der Waals surface area (Å²) in [5.74, 6) is 0.582. The first-order chi connectivity index (χ1) is 39.9. The van der Waals surface area contributed by atoms with Crippen molar-refractivity contribution in [2.24, 2.45) is 23.7 Å². The Hall–Kier alpha value is -5.40. The molecule has 1 aliphatic carbocycles. The third-order valence-electron chi connectivity index (χ3n) is 16.6. The zero-order chi connectivity index (χ0) is 59.4. The van der Waals surface area contributed by atoms with Crippen molar-refractivity contribution in [2.45, 2.75) is 209 Å². The highest BCUT2D eigenvalue weighted by molar-refractivity contribution is 5.87. The number of ether oxygens (including phenoxy) is 11. The number of carbonyl (C=O) groups excluding carboxylic acids is 4. The Morgan fingerprint density at radius 3 is 1.84 bits per heavy atom. The lowest BCUT2D eigenvalue weighted by Crippen LogP contribution is -2.43. The maximum Gasteiger partial charge on any atom is 0.508 e. The Morgan fingerprint density at radius 2 is 1.27 bits per heavy atom. The van der Waals surface area contributed by atoms with Crippen LogP contribution in [0.25, 0.3) is 0 Å². The van der Waals surface area contributed by atoms with Gasteiger partial charge in [0.1, 0.15) is 18.3 Å². The van der Waals surface area contributed by atoms with E-state index < -0.39 is 54.9 Å². The van der Waals surface area contributed by atoms with E-state index >= 15 is 0 Å². The Labute approximate surface area is 492 Å². The van der Waals surface area contributed by atoms with Gasteiger partial charge < -0.3 is 62.5 Å². The maximum absolute atomic E-state index is 13.1. The van der Waals surface area contributed by atoms with Gasteiger partial charge in [-0.25, -0.2) is 14.4 Å². The molecule has 2 N–H and O–H groups in total. The molecule has 0 unspecified atom stereocenters. The lowest BCUT2D eigenvalue weighted by Gasteiger charge is -2.28. The van der Waals surface area contributed by atoms with Gasteiger partial charge in [-0.1, -0.05) is 116 Å². The normalized spacial score (nSPS) is 36.3. The Balaban J connectivity index is 0.000000242. The number of epoxide rings is 1. The number of amides is 1. The summed E-state index contributed by atoms with van der Waals surface area (Å²) in [7, 11) is 4.13. The second kappa shape index (κ2) is 32.8. The first-order valence-electron chi connectivity index (χ1n) is 30.0. The van der Waals surface area contributed by atoms with Crippen LogP contribution in [0.3, 0.4) is 0 Å². The van der Waals surface area contributed by atoms with Crippen molar-refractivity contribution in [3.8, 4) is 0 Å². The minimum absolute atomic E-state index is 0.0143. The molecule has 83 heavy (non-hydrogen) atoms. The predicted octanol–water partition coefficient (Wildman–Crippen LogP) is 10.9. The molecule has 0 aromatic heterocycles. The third-order valence-corrected chi connectivity index (χ3v) is 16.6. The average molecular weight is 1160 g/mol. The lowest BCUT2D eigenvalue weighted by atomic mass is 9.90. The molecule has 8 rings (SSSR count). The molecule has 1 amide bonds. The fraction of sp³-hybridized carbons (Fsp3) is 0.636. The standard InChI is InChI=1S/C34H46O11.C32H47NO5/c1-21-14-15-40-25(17-21)12-13-27(44-33(36)38-4)28-20-30-32(43-30)29(45-34(37)39-5)19-23(3)16-22(2)18-26-10-6-8-24(41-26)9-7-11-31(35)42-28;1-21-13-14-37-26(16-21)11-12-31(36-4)29-20-24-19-28(24)30(34)18-23(3)15-22(2)17-27-9-5-7-25(38-27)8-6-10-32(35)33-29/h6-8,11-14,22,24-30,32H,3,9-10,15-20H2,1-2,4-5H3;5-7,10-13,22,24-31,34H,3,8-9,14-20H2,1-2,4H3,(H,33,35)/b11-7-,13-12+;10-6-,12-11+/t22-,24-,25+,26-,27-,28-,29-,30-,32-;22-,24-,25-,26+,27-,28+,29-,30-,31-/m00/s1. The fourth-order valence-corrected chi connectivity index (χ4v) is 12.2. The van der Waals surface area contributed by atoms with Crippen molar-refractivity contribution in [2.75, 3.05) is 34.5 Å². The zero-order valence-electron chi connectivity index (χ0n) is 50.0. The number of aliphatic hydroxyl groups excluding tert-OH is 1. The molecule has 1 saturated carbocycles. The molecular weight excluding hydrogens is 1060 g/mol. The summed E-state index contributed by atoms with van der Waals surface area (Å²) in [6.07, 6.45) is 31.2. The van der Waals surface area contributed by atoms with Crippen LogP contribution in [0, 0.1) is 23.7 Å². The summed E-state index contributed by atoms with van der Waals surface area (Å²) < 4.78 is 62.7. The minimum Gasteiger partial charge on any atom is -0.455 e. The largest absolute Gasteiger partial charge is 0.508 e. The van der Waals surface area contributed by atoms with E-state index in [1.54, 1.807) is 31.4 Å². The summed E-state index contributed by atoms with van der Waals surface area (Å²) in [5.41, 5.74) is 4.52. The van der Waals surface area contributed by atoms with Gasteiger partial charge >= 0.3 is 18.3 Å². The first-order valence-corrected chi connectivity index (χ1v) is 30.0. The van der Waals surface area contributed by atoms with Gasteiger partial charge in [0.2, 0.25) is 5.91 Å². The molecule has 2 fully saturated rings. The third kappa shape index (κ3) is 22.2. The molecule has 4 bridgehead atoms. The van der Waals surface area contributed by atoms with E-state index in [-0.39, 0.29) is 72.9 Å². The van der Waals surface area contributed by atoms with Gasteiger partial charge in [0.25, 0.3) is 0 Å². The molecule has 0 aromatic rings. The smallest absolute Gasteiger partial charge is 0.455 e. The second-order valence-corrected chi connectivity index (χ2v) is 24.0. The highest BCUT2D eigenvalue weighted by Gasteiger charge is 2.50. The summed E-state index contributed by atoms with van der Waals surface area (Å²) in [4.78, 5) is 50.5. The number of hydrogen-bond acceptors (Lipinski definition) is 16. The van der Waals surface area contributed by atoms with Crippen LogP contribution in [-0.4, -0.2) is 149 Å². The number of methoxy groups -OCH3 is 3. The number of carbonyl (C=O) groups is 4. The number of rotatable bonds is 9. The Kier molecular flexibility index (Phi) is 25.7. The Bertz CT molecular complexity index is 2440. The fourth-order valence-electron chi connectivity index (χ4n) is 12.2. The van der Waals surface area contributed by atoms with E-state index in [0.717, 1.165) is 68.9 Å². The van der Waals surface area contributed by atoms with Crippen molar-refractivity contribution >= 4 is 24.2 Å². The molecule has 0 spiro atoms. The predicted molar refractivity (Wildman–Crippen MR) is 314 cm³/mol. The maximum atomic E-state index is 13.1. The summed E-state index contributed by atoms with van der Waals surface area (Å²) >= 11 is 0. The molecule has 17 nitrogen and oxygen atoms in total. The molecule has 17 heteroatoms. The van der Waals surface area contributed by atoms with Crippen molar-refractivity contribution in [1.29, 1.82) is 0 Å².